The molecule has 3 heterocycles. The fourth-order valence-corrected chi connectivity index (χ4v) is 4.36. The second-order valence-corrected chi connectivity index (χ2v) is 8.83. The number of sulfone groups is 1. The van der Waals surface area contributed by atoms with Gasteiger partial charge in [0, 0.05) is 36.9 Å². The van der Waals surface area contributed by atoms with Crippen LogP contribution in [0.15, 0.2) is 41.4 Å². The fourth-order valence-electron chi connectivity index (χ4n) is 3.69. The molecule has 1 aromatic heterocycles. The molecule has 3 aromatic rings. The number of ether oxygens (including phenoxy) is 2. The van der Waals surface area contributed by atoms with E-state index in [0.717, 1.165) is 40.8 Å². The van der Waals surface area contributed by atoms with Crippen molar-refractivity contribution in [2.75, 3.05) is 17.7 Å². The third-order valence-corrected chi connectivity index (χ3v) is 6.05. The number of rotatable bonds is 2. The Balaban J connectivity index is 1.63. The van der Waals surface area contributed by atoms with E-state index >= 15 is 0 Å². The van der Waals surface area contributed by atoms with E-state index in [-0.39, 0.29) is 6.29 Å². The zero-order valence-corrected chi connectivity index (χ0v) is 15.7. The van der Waals surface area contributed by atoms with E-state index in [9.17, 15) is 8.42 Å². The number of aromatic nitrogens is 2. The van der Waals surface area contributed by atoms with Crippen LogP contribution in [-0.4, -0.2) is 37.7 Å². The van der Waals surface area contributed by atoms with E-state index < -0.39 is 9.84 Å². The van der Waals surface area contributed by atoms with E-state index in [1.165, 1.54) is 6.26 Å². The Bertz CT molecular complexity index is 1190. The largest absolute Gasteiger partial charge is 0.451 e. The zero-order valence-electron chi connectivity index (χ0n) is 14.8. The first-order chi connectivity index (χ1) is 12.9. The average molecular weight is 383 g/mol. The second kappa shape index (κ2) is 5.56. The van der Waals surface area contributed by atoms with Gasteiger partial charge in [0.2, 0.25) is 6.29 Å². The van der Waals surface area contributed by atoms with Crippen LogP contribution in [0, 0.1) is 0 Å². The van der Waals surface area contributed by atoms with E-state index in [2.05, 4.69) is 15.1 Å². The van der Waals surface area contributed by atoms with Crippen LogP contribution < -0.4 is 14.4 Å². The molecular weight excluding hydrogens is 366 g/mol. The van der Waals surface area contributed by atoms with Gasteiger partial charge >= 0.3 is 0 Å². The molecular formula is C19H17N3O4S. The van der Waals surface area contributed by atoms with Crippen molar-refractivity contribution in [2.24, 2.45) is 0 Å². The minimum Gasteiger partial charge on any atom is -0.451 e. The maximum Gasteiger partial charge on any atom is 0.238 e. The number of nitrogens with zero attached hydrogens (tertiary/aromatic N) is 3. The number of fused-ring (bicyclic) bond motifs is 3. The van der Waals surface area contributed by atoms with Gasteiger partial charge in [-0.15, -0.1) is 0 Å². The summed E-state index contributed by atoms with van der Waals surface area (Å²) in [4.78, 5) is 2.49. The molecule has 5 rings (SSSR count). The summed E-state index contributed by atoms with van der Waals surface area (Å²) in [5, 5.41) is 9.29. The van der Waals surface area contributed by atoms with E-state index in [4.69, 9.17) is 9.47 Å². The summed E-state index contributed by atoms with van der Waals surface area (Å²) >= 11 is 0. The average Bonchev–Trinajstić information content (AvgIpc) is 3.19. The zero-order chi connectivity index (χ0) is 18.8. The molecule has 0 saturated heterocycles. The van der Waals surface area contributed by atoms with Crippen LogP contribution in [0.25, 0.3) is 10.9 Å². The predicted octanol–water partition coefficient (Wildman–Crippen LogP) is 2.84. The van der Waals surface area contributed by atoms with Crippen molar-refractivity contribution in [3.8, 4) is 11.5 Å². The third-order valence-electron chi connectivity index (χ3n) is 4.93. The maximum atomic E-state index is 11.8. The standard InChI is InChI=1S/C19H17N3O4S/c1-11-25-18-8-14-15(9-19(18)26-11)21-20-10-17(14)22-6-5-12-7-13(27(2,23)24)3-4-16(12)22/h3-4,7-11H,5-6H2,1-2H3. The van der Waals surface area contributed by atoms with Crippen LogP contribution in [0.1, 0.15) is 12.5 Å². The normalized spacial score (nSPS) is 18.1. The van der Waals surface area contributed by atoms with Crippen LogP contribution in [0.2, 0.25) is 0 Å². The molecule has 2 aliphatic rings. The molecule has 1 unspecified atom stereocenters. The van der Waals surface area contributed by atoms with Crippen LogP contribution in [0.5, 0.6) is 11.5 Å². The summed E-state index contributed by atoms with van der Waals surface area (Å²) in [6.07, 6.45) is 3.40. The molecule has 8 heteroatoms. The van der Waals surface area contributed by atoms with Crippen LogP contribution in [-0.2, 0) is 16.3 Å². The lowest BCUT2D eigenvalue weighted by molar-refractivity contribution is 0.0679. The molecule has 0 saturated carbocycles. The van der Waals surface area contributed by atoms with Crippen LogP contribution >= 0.6 is 0 Å². The summed E-state index contributed by atoms with van der Waals surface area (Å²) in [6, 6.07) is 9.05. The molecule has 0 fully saturated rings. The van der Waals surface area contributed by atoms with Gasteiger partial charge < -0.3 is 14.4 Å². The molecule has 0 radical (unpaired) electrons. The van der Waals surface area contributed by atoms with Crippen molar-refractivity contribution < 1.29 is 17.9 Å². The van der Waals surface area contributed by atoms with Crippen molar-refractivity contribution in [2.45, 2.75) is 24.5 Å². The lowest BCUT2D eigenvalue weighted by Crippen LogP contribution is -2.14. The Hall–Kier alpha value is -2.87. The highest BCUT2D eigenvalue weighted by atomic mass is 32.2. The van der Waals surface area contributed by atoms with Crippen LogP contribution in [0.4, 0.5) is 11.4 Å². The first-order valence-corrected chi connectivity index (χ1v) is 10.5. The highest BCUT2D eigenvalue weighted by molar-refractivity contribution is 7.90. The van der Waals surface area contributed by atoms with E-state index in [1.54, 1.807) is 18.3 Å². The van der Waals surface area contributed by atoms with Gasteiger partial charge in [0.1, 0.15) is 0 Å². The highest BCUT2D eigenvalue weighted by Crippen LogP contribution is 2.43. The summed E-state index contributed by atoms with van der Waals surface area (Å²) in [7, 11) is -3.22. The number of benzene rings is 2. The molecule has 0 bridgehead atoms. The van der Waals surface area contributed by atoms with Crippen molar-refractivity contribution >= 4 is 32.1 Å². The van der Waals surface area contributed by atoms with E-state index in [0.29, 0.717) is 16.4 Å². The molecule has 0 N–H and O–H groups in total. The summed E-state index contributed by atoms with van der Waals surface area (Å²) in [6.45, 7) is 2.58. The minimum absolute atomic E-state index is 0.324. The first kappa shape index (κ1) is 16.3. The van der Waals surface area contributed by atoms with Gasteiger partial charge in [0.25, 0.3) is 0 Å². The Kier molecular flexibility index (Phi) is 3.36. The Morgan fingerprint density at radius 2 is 1.89 bits per heavy atom. The van der Waals surface area contributed by atoms with Gasteiger partial charge in [-0.05, 0) is 36.2 Å². The number of hydrogen-bond acceptors (Lipinski definition) is 7. The molecule has 27 heavy (non-hydrogen) atoms. The van der Waals surface area contributed by atoms with Gasteiger partial charge in [0.05, 0.1) is 22.3 Å². The number of hydrogen-bond donors (Lipinski definition) is 0. The lowest BCUT2D eigenvalue weighted by atomic mass is 10.1. The Morgan fingerprint density at radius 1 is 1.11 bits per heavy atom. The maximum absolute atomic E-state index is 11.8. The first-order valence-electron chi connectivity index (χ1n) is 8.63. The number of anilines is 2. The summed E-state index contributed by atoms with van der Waals surface area (Å²) in [5.41, 5.74) is 3.64. The summed E-state index contributed by atoms with van der Waals surface area (Å²) in [5.74, 6) is 1.36. The molecule has 2 aromatic carbocycles. The van der Waals surface area contributed by atoms with Crippen molar-refractivity contribution in [1.29, 1.82) is 0 Å². The minimum atomic E-state index is -3.22. The predicted molar refractivity (Wildman–Crippen MR) is 101 cm³/mol. The van der Waals surface area contributed by atoms with Gasteiger partial charge in [-0.2, -0.15) is 10.2 Å². The SMILES string of the molecule is CC1Oc2cc3nncc(N4CCc5cc(S(C)(=O)=O)ccc54)c3cc2O1. The molecule has 0 amide bonds. The summed E-state index contributed by atoms with van der Waals surface area (Å²) < 4.78 is 35.0. The van der Waals surface area contributed by atoms with Gasteiger partial charge in [-0.3, -0.25) is 0 Å². The second-order valence-electron chi connectivity index (χ2n) is 6.81. The smallest absolute Gasteiger partial charge is 0.238 e. The Morgan fingerprint density at radius 3 is 2.67 bits per heavy atom. The van der Waals surface area contributed by atoms with Crippen molar-refractivity contribution in [3.63, 3.8) is 0 Å². The lowest BCUT2D eigenvalue weighted by Gasteiger charge is -2.21. The highest BCUT2D eigenvalue weighted by Gasteiger charge is 2.26. The molecule has 0 spiro atoms. The van der Waals surface area contributed by atoms with Gasteiger partial charge in [-0.1, -0.05) is 0 Å². The van der Waals surface area contributed by atoms with E-state index in [1.807, 2.05) is 25.1 Å². The van der Waals surface area contributed by atoms with Crippen molar-refractivity contribution in [3.05, 3.63) is 42.1 Å². The quantitative estimate of drug-likeness (QED) is 0.673. The molecule has 138 valence electrons. The fraction of sp³-hybridized carbons (Fsp3) is 0.263. The molecule has 7 nitrogen and oxygen atoms in total. The van der Waals surface area contributed by atoms with Gasteiger partial charge in [-0.25, -0.2) is 8.42 Å². The topological polar surface area (TPSA) is 81.6 Å². The van der Waals surface area contributed by atoms with Crippen molar-refractivity contribution in [1.82, 2.24) is 10.2 Å². The monoisotopic (exact) mass is 383 g/mol. The van der Waals surface area contributed by atoms with Gasteiger partial charge in [0.15, 0.2) is 21.3 Å². The Labute approximate surface area is 156 Å². The third kappa shape index (κ3) is 2.59. The molecule has 2 aliphatic heterocycles. The molecule has 0 aliphatic carbocycles. The molecule has 1 atom stereocenters. The van der Waals surface area contributed by atoms with Crippen LogP contribution in [0.3, 0.4) is 0 Å².